The normalized spacial score (nSPS) is 9.64. The number of aromatic nitrogens is 2. The van der Waals surface area contributed by atoms with Gasteiger partial charge in [-0.2, -0.15) is 0 Å². The van der Waals surface area contributed by atoms with Gasteiger partial charge in [0.25, 0.3) is 5.69 Å². The van der Waals surface area contributed by atoms with Crippen LogP contribution in [0.4, 0.5) is 16.5 Å². The monoisotopic (exact) mass is 315 g/mol. The average Bonchev–Trinajstić information content (AvgIpc) is 2.96. The summed E-state index contributed by atoms with van der Waals surface area (Å²) in [6, 6.07) is 16.0. The summed E-state index contributed by atoms with van der Waals surface area (Å²) in [5.74, 6) is 0. The predicted octanol–water partition coefficient (Wildman–Crippen LogP) is 2.96. The van der Waals surface area contributed by atoms with Crippen LogP contribution in [0, 0.1) is 10.1 Å². The number of anilines is 2. The van der Waals surface area contributed by atoms with Gasteiger partial charge >= 0.3 is 0 Å². The number of para-hydroxylation sites is 2. The Morgan fingerprint density at radius 3 is 2.09 bits per heavy atom. The van der Waals surface area contributed by atoms with Gasteiger partial charge in [0.1, 0.15) is 10.7 Å². The molecule has 3 aromatic rings. The molecule has 0 amide bonds. The highest BCUT2D eigenvalue weighted by Crippen LogP contribution is 2.23. The van der Waals surface area contributed by atoms with Crippen LogP contribution in [0.5, 0.6) is 0 Å². The molecule has 0 bridgehead atoms. The summed E-state index contributed by atoms with van der Waals surface area (Å²) in [4.78, 5) is 9.64. The van der Waals surface area contributed by atoms with Crippen molar-refractivity contribution in [2.45, 2.75) is 0 Å². The molecule has 0 aliphatic carbocycles. The summed E-state index contributed by atoms with van der Waals surface area (Å²) < 4.78 is 0. The van der Waals surface area contributed by atoms with Crippen LogP contribution >= 0.6 is 11.3 Å². The van der Waals surface area contributed by atoms with Crippen molar-refractivity contribution in [1.29, 1.82) is 0 Å². The van der Waals surface area contributed by atoms with E-state index in [1.54, 1.807) is 12.1 Å². The minimum Gasteiger partial charge on any atom is -0.393 e. The van der Waals surface area contributed by atoms with Crippen molar-refractivity contribution in [1.82, 2.24) is 10.2 Å². The summed E-state index contributed by atoms with van der Waals surface area (Å²) in [5, 5.41) is 19.2. The van der Waals surface area contributed by atoms with Crippen molar-refractivity contribution in [2.75, 3.05) is 11.5 Å². The number of hydrogen-bond donors (Lipinski definition) is 2. The van der Waals surface area contributed by atoms with E-state index < -0.39 is 4.92 Å². The molecule has 0 atom stereocenters. The van der Waals surface area contributed by atoms with Crippen molar-refractivity contribution < 1.29 is 4.92 Å². The number of rotatable bonds is 2. The van der Waals surface area contributed by atoms with E-state index in [9.17, 15) is 10.1 Å². The van der Waals surface area contributed by atoms with E-state index in [-0.39, 0.29) is 11.4 Å². The van der Waals surface area contributed by atoms with Gasteiger partial charge in [-0.05, 0) is 6.07 Å². The highest BCUT2D eigenvalue weighted by atomic mass is 32.1. The molecular formula is C14H13N5O2S. The van der Waals surface area contributed by atoms with Crippen molar-refractivity contribution >= 4 is 27.8 Å². The predicted molar refractivity (Wildman–Crippen MR) is 87.3 cm³/mol. The molecule has 4 N–H and O–H groups in total. The molecule has 0 fully saturated rings. The third-order valence-corrected chi connectivity index (χ3v) is 3.40. The fraction of sp³-hybridized carbons (Fsp3) is 0. The smallest absolute Gasteiger partial charge is 0.292 e. The average molecular weight is 315 g/mol. The molecule has 8 heteroatoms. The van der Waals surface area contributed by atoms with Crippen LogP contribution in [0.2, 0.25) is 0 Å². The van der Waals surface area contributed by atoms with Crippen molar-refractivity contribution in [3.8, 4) is 10.6 Å². The van der Waals surface area contributed by atoms with Crippen LogP contribution in [-0.4, -0.2) is 15.1 Å². The number of hydrogen-bond acceptors (Lipinski definition) is 7. The first-order chi connectivity index (χ1) is 10.6. The Kier molecular flexibility index (Phi) is 4.99. The molecule has 1 heterocycles. The van der Waals surface area contributed by atoms with Crippen LogP contribution in [0.15, 0.2) is 54.6 Å². The fourth-order valence-electron chi connectivity index (χ4n) is 1.59. The van der Waals surface area contributed by atoms with Gasteiger partial charge < -0.3 is 11.5 Å². The van der Waals surface area contributed by atoms with Gasteiger partial charge in [0, 0.05) is 11.6 Å². The quantitative estimate of drug-likeness (QED) is 0.426. The van der Waals surface area contributed by atoms with Crippen LogP contribution in [0.3, 0.4) is 0 Å². The molecule has 2 aromatic carbocycles. The van der Waals surface area contributed by atoms with E-state index in [0.29, 0.717) is 5.13 Å². The molecule has 0 aliphatic heterocycles. The second-order valence-corrected chi connectivity index (χ2v) is 5.14. The maximum Gasteiger partial charge on any atom is 0.292 e. The summed E-state index contributed by atoms with van der Waals surface area (Å²) in [6.07, 6.45) is 0. The van der Waals surface area contributed by atoms with Gasteiger partial charge in [0.2, 0.25) is 5.13 Å². The Labute approximate surface area is 130 Å². The molecule has 0 saturated heterocycles. The minimum atomic E-state index is -0.505. The third-order valence-electron chi connectivity index (χ3n) is 2.59. The molecule has 0 spiro atoms. The zero-order chi connectivity index (χ0) is 15.9. The van der Waals surface area contributed by atoms with Gasteiger partial charge in [0.05, 0.1) is 4.92 Å². The zero-order valence-electron chi connectivity index (χ0n) is 11.4. The Hall–Kier alpha value is -3.00. The van der Waals surface area contributed by atoms with E-state index in [4.69, 9.17) is 11.5 Å². The molecule has 3 rings (SSSR count). The van der Waals surface area contributed by atoms with Crippen molar-refractivity contribution in [2.24, 2.45) is 0 Å². The molecule has 0 radical (unpaired) electrons. The summed E-state index contributed by atoms with van der Waals surface area (Å²) in [7, 11) is 0. The molecule has 7 nitrogen and oxygen atoms in total. The number of nitro benzene ring substituents is 1. The maximum absolute atomic E-state index is 10.1. The molecule has 22 heavy (non-hydrogen) atoms. The summed E-state index contributed by atoms with van der Waals surface area (Å²) in [6.45, 7) is 0. The third kappa shape index (κ3) is 4.00. The van der Waals surface area contributed by atoms with E-state index >= 15 is 0 Å². The lowest BCUT2D eigenvalue weighted by molar-refractivity contribution is -0.383. The number of nitrogen functional groups attached to an aromatic ring is 2. The largest absolute Gasteiger partial charge is 0.393 e. The van der Waals surface area contributed by atoms with E-state index in [1.165, 1.54) is 23.5 Å². The number of benzene rings is 2. The second-order valence-electron chi connectivity index (χ2n) is 4.13. The van der Waals surface area contributed by atoms with Crippen LogP contribution in [-0.2, 0) is 0 Å². The van der Waals surface area contributed by atoms with Gasteiger partial charge in [-0.3, -0.25) is 10.1 Å². The maximum atomic E-state index is 10.1. The SMILES string of the molecule is Nc1ccccc1[N+](=O)[O-].Nc1nnc(-c2ccccc2)s1. The number of nitrogens with two attached hydrogens (primary N) is 2. The van der Waals surface area contributed by atoms with Gasteiger partial charge in [-0.15, -0.1) is 10.2 Å². The zero-order valence-corrected chi connectivity index (χ0v) is 12.2. The van der Waals surface area contributed by atoms with Crippen molar-refractivity contribution in [3.05, 3.63) is 64.7 Å². The Morgan fingerprint density at radius 2 is 1.59 bits per heavy atom. The van der Waals surface area contributed by atoms with Crippen LogP contribution in [0.25, 0.3) is 10.6 Å². The Bertz CT molecular complexity index is 761. The first-order valence-electron chi connectivity index (χ1n) is 6.21. The summed E-state index contributed by atoms with van der Waals surface area (Å²) in [5.41, 5.74) is 12.0. The molecule has 1 aromatic heterocycles. The van der Waals surface area contributed by atoms with E-state index in [1.807, 2.05) is 30.3 Å². The van der Waals surface area contributed by atoms with E-state index in [0.717, 1.165) is 10.6 Å². The van der Waals surface area contributed by atoms with Gasteiger partial charge in [-0.1, -0.05) is 53.8 Å². The van der Waals surface area contributed by atoms with Gasteiger partial charge in [0.15, 0.2) is 0 Å². The lowest BCUT2D eigenvalue weighted by atomic mass is 10.2. The molecule has 0 aliphatic rings. The molecule has 112 valence electrons. The van der Waals surface area contributed by atoms with Crippen LogP contribution in [0.1, 0.15) is 0 Å². The van der Waals surface area contributed by atoms with E-state index in [2.05, 4.69) is 10.2 Å². The van der Waals surface area contributed by atoms with Crippen LogP contribution < -0.4 is 11.5 Å². The van der Waals surface area contributed by atoms with Gasteiger partial charge in [-0.25, -0.2) is 0 Å². The number of nitrogens with zero attached hydrogens (tertiary/aromatic N) is 3. The highest BCUT2D eigenvalue weighted by Gasteiger charge is 2.07. The molecule has 0 saturated carbocycles. The lowest BCUT2D eigenvalue weighted by Crippen LogP contribution is -1.93. The topological polar surface area (TPSA) is 121 Å². The second kappa shape index (κ2) is 7.14. The summed E-state index contributed by atoms with van der Waals surface area (Å²) >= 11 is 1.40. The Balaban J connectivity index is 0.000000164. The minimum absolute atomic E-state index is 0.0394. The van der Waals surface area contributed by atoms with Crippen molar-refractivity contribution in [3.63, 3.8) is 0 Å². The first kappa shape index (κ1) is 15.4. The molecule has 0 unspecified atom stereocenters. The first-order valence-corrected chi connectivity index (χ1v) is 7.03. The number of nitro groups is 1. The standard InChI is InChI=1S/C8H7N3S.C6H6N2O2/c9-8-11-10-7(12-8)6-4-2-1-3-5-6;7-5-3-1-2-4-6(5)8(9)10/h1-5H,(H2,9,11);1-4H,7H2. The fourth-order valence-corrected chi connectivity index (χ4v) is 2.20. The molecular weight excluding hydrogens is 302 g/mol. The Morgan fingerprint density at radius 1 is 0.955 bits per heavy atom. The lowest BCUT2D eigenvalue weighted by Gasteiger charge is -1.92. The highest BCUT2D eigenvalue weighted by molar-refractivity contribution is 7.18.